The second kappa shape index (κ2) is 9.47. The zero-order valence-electron chi connectivity index (χ0n) is 17.5. The standard InChI is InChI=1S/C20H33N5O4/c1-3-8-24-18(21)17(23-9-11-29-12-10-23)19(27)25(20(24)28)13-16(26)22-15-7-5-4-6-14(15)2/h14-15H,3-13,21H2,1-2H3,(H,22,26)/t14-,15+/m1/s1. The Kier molecular flexibility index (Phi) is 7.00. The van der Waals surface area contributed by atoms with Gasteiger partial charge in [-0.25, -0.2) is 9.36 Å². The van der Waals surface area contributed by atoms with Crippen molar-refractivity contribution in [2.24, 2.45) is 5.92 Å². The van der Waals surface area contributed by atoms with Crippen LogP contribution in [0.3, 0.4) is 0 Å². The van der Waals surface area contributed by atoms with E-state index in [0.29, 0.717) is 50.9 Å². The van der Waals surface area contributed by atoms with Crippen LogP contribution in [0, 0.1) is 5.92 Å². The molecule has 162 valence electrons. The van der Waals surface area contributed by atoms with Crippen LogP contribution in [0.15, 0.2) is 9.59 Å². The van der Waals surface area contributed by atoms with Crippen molar-refractivity contribution in [3.8, 4) is 0 Å². The summed E-state index contributed by atoms with van der Waals surface area (Å²) in [4.78, 5) is 40.7. The number of carbonyl (C=O) groups excluding carboxylic acids is 1. The third-order valence-electron chi connectivity index (χ3n) is 5.98. The lowest BCUT2D eigenvalue weighted by Gasteiger charge is -2.31. The van der Waals surface area contributed by atoms with Gasteiger partial charge in [-0.3, -0.25) is 14.2 Å². The molecule has 1 aromatic heterocycles. The van der Waals surface area contributed by atoms with Crippen LogP contribution in [0.4, 0.5) is 11.5 Å². The number of carbonyl (C=O) groups is 1. The molecule has 29 heavy (non-hydrogen) atoms. The van der Waals surface area contributed by atoms with E-state index < -0.39 is 11.2 Å². The number of anilines is 2. The van der Waals surface area contributed by atoms with Crippen molar-refractivity contribution < 1.29 is 9.53 Å². The summed E-state index contributed by atoms with van der Waals surface area (Å²) in [5, 5.41) is 3.02. The fourth-order valence-corrected chi connectivity index (χ4v) is 4.29. The molecule has 0 bridgehead atoms. The van der Waals surface area contributed by atoms with Crippen LogP contribution >= 0.6 is 0 Å². The molecule has 2 atom stereocenters. The van der Waals surface area contributed by atoms with Crippen LogP contribution in [0.1, 0.15) is 46.0 Å². The van der Waals surface area contributed by atoms with Gasteiger partial charge in [0.1, 0.15) is 18.1 Å². The van der Waals surface area contributed by atoms with Crippen molar-refractivity contribution in [3.63, 3.8) is 0 Å². The largest absolute Gasteiger partial charge is 0.383 e. The van der Waals surface area contributed by atoms with Crippen LogP contribution in [-0.4, -0.2) is 47.4 Å². The summed E-state index contributed by atoms with van der Waals surface area (Å²) >= 11 is 0. The summed E-state index contributed by atoms with van der Waals surface area (Å²) in [6, 6.07) is 0.0947. The lowest BCUT2D eigenvalue weighted by atomic mass is 9.86. The highest BCUT2D eigenvalue weighted by Crippen LogP contribution is 2.23. The molecule has 2 heterocycles. The quantitative estimate of drug-likeness (QED) is 0.712. The van der Waals surface area contributed by atoms with E-state index in [1.54, 1.807) is 0 Å². The van der Waals surface area contributed by atoms with Crippen molar-refractivity contribution >= 4 is 17.4 Å². The number of ether oxygens (including phenoxy) is 1. The van der Waals surface area contributed by atoms with Gasteiger partial charge in [-0.05, 0) is 25.2 Å². The number of rotatable bonds is 6. The molecule has 9 nitrogen and oxygen atoms in total. The Morgan fingerprint density at radius 1 is 1.17 bits per heavy atom. The topological polar surface area (TPSA) is 112 Å². The van der Waals surface area contributed by atoms with Crippen LogP contribution in [0.2, 0.25) is 0 Å². The Bertz CT molecular complexity index is 840. The third kappa shape index (κ3) is 4.66. The molecule has 0 spiro atoms. The average molecular weight is 408 g/mol. The van der Waals surface area contributed by atoms with Crippen LogP contribution < -0.4 is 27.2 Å². The SMILES string of the molecule is CCCn1c(N)c(N2CCOCC2)c(=O)n(CC(=O)N[C@H]2CCCC[C@H]2C)c1=O. The van der Waals surface area contributed by atoms with Gasteiger partial charge in [0.05, 0.1) is 13.2 Å². The van der Waals surface area contributed by atoms with Crippen molar-refractivity contribution in [1.82, 2.24) is 14.5 Å². The summed E-state index contributed by atoms with van der Waals surface area (Å²) in [6.45, 7) is 6.20. The number of nitrogens with one attached hydrogen (secondary N) is 1. The van der Waals surface area contributed by atoms with Gasteiger partial charge in [0.15, 0.2) is 0 Å². The van der Waals surface area contributed by atoms with Crippen LogP contribution in [0.25, 0.3) is 0 Å². The highest BCUT2D eigenvalue weighted by molar-refractivity contribution is 5.76. The van der Waals surface area contributed by atoms with Crippen molar-refractivity contribution in [3.05, 3.63) is 20.8 Å². The molecule has 3 rings (SSSR count). The third-order valence-corrected chi connectivity index (χ3v) is 5.98. The summed E-state index contributed by atoms with van der Waals surface area (Å²) < 4.78 is 7.80. The molecule has 1 aromatic rings. The molecular weight excluding hydrogens is 374 g/mol. The molecule has 2 fully saturated rings. The molecule has 0 aromatic carbocycles. The molecule has 2 aliphatic rings. The highest BCUT2D eigenvalue weighted by Gasteiger charge is 2.26. The Labute approximate surface area is 170 Å². The normalized spacial score (nSPS) is 22.5. The molecule has 9 heteroatoms. The van der Waals surface area contributed by atoms with Gasteiger partial charge in [0.2, 0.25) is 5.91 Å². The lowest BCUT2D eigenvalue weighted by Crippen LogP contribution is -2.50. The maximum Gasteiger partial charge on any atom is 0.333 e. The number of nitrogens with zero attached hydrogens (tertiary/aromatic N) is 3. The second-order valence-corrected chi connectivity index (χ2v) is 8.09. The number of amides is 1. The van der Waals surface area contributed by atoms with Gasteiger partial charge in [0, 0.05) is 25.7 Å². The Hall–Kier alpha value is -2.29. The fraction of sp³-hybridized carbons (Fsp3) is 0.750. The van der Waals surface area contributed by atoms with E-state index in [1.165, 1.54) is 11.0 Å². The van der Waals surface area contributed by atoms with E-state index in [2.05, 4.69) is 12.2 Å². The summed E-state index contributed by atoms with van der Waals surface area (Å²) in [7, 11) is 0. The number of morpholine rings is 1. The van der Waals surface area contributed by atoms with E-state index >= 15 is 0 Å². The van der Waals surface area contributed by atoms with E-state index in [1.807, 2.05) is 11.8 Å². The zero-order valence-corrected chi connectivity index (χ0v) is 17.5. The van der Waals surface area contributed by atoms with E-state index in [9.17, 15) is 14.4 Å². The fourth-order valence-electron chi connectivity index (χ4n) is 4.29. The van der Waals surface area contributed by atoms with Gasteiger partial charge >= 0.3 is 5.69 Å². The Morgan fingerprint density at radius 3 is 2.52 bits per heavy atom. The molecular formula is C20H33N5O4. The van der Waals surface area contributed by atoms with Gasteiger partial charge in [-0.15, -0.1) is 0 Å². The predicted molar refractivity (Wildman–Crippen MR) is 112 cm³/mol. The maximum absolute atomic E-state index is 13.2. The minimum atomic E-state index is -0.529. The van der Waals surface area contributed by atoms with E-state index in [0.717, 1.165) is 23.8 Å². The van der Waals surface area contributed by atoms with Gasteiger partial charge in [0.25, 0.3) is 5.56 Å². The molecule has 1 amide bonds. The number of nitrogen functional groups attached to an aromatic ring is 1. The number of aromatic nitrogens is 2. The minimum Gasteiger partial charge on any atom is -0.383 e. The second-order valence-electron chi connectivity index (χ2n) is 8.09. The maximum atomic E-state index is 13.2. The summed E-state index contributed by atoms with van der Waals surface area (Å²) in [5.41, 5.74) is 5.49. The molecule has 1 aliphatic heterocycles. The minimum absolute atomic E-state index is 0.0947. The molecule has 3 N–H and O–H groups in total. The summed E-state index contributed by atoms with van der Waals surface area (Å²) in [5.74, 6) is 0.265. The van der Waals surface area contributed by atoms with E-state index in [-0.39, 0.29) is 24.3 Å². The lowest BCUT2D eigenvalue weighted by molar-refractivity contribution is -0.123. The predicted octanol–water partition coefficient (Wildman–Crippen LogP) is 0.534. The van der Waals surface area contributed by atoms with Crippen molar-refractivity contribution in [2.75, 3.05) is 36.9 Å². The molecule has 1 saturated heterocycles. The zero-order chi connectivity index (χ0) is 21.0. The van der Waals surface area contributed by atoms with Gasteiger partial charge in [-0.1, -0.05) is 26.7 Å². The molecule has 1 aliphatic carbocycles. The first kappa shape index (κ1) is 21.4. The smallest absolute Gasteiger partial charge is 0.333 e. The van der Waals surface area contributed by atoms with Crippen molar-refractivity contribution in [1.29, 1.82) is 0 Å². The van der Waals surface area contributed by atoms with Gasteiger partial charge < -0.3 is 20.7 Å². The Morgan fingerprint density at radius 2 is 1.86 bits per heavy atom. The van der Waals surface area contributed by atoms with Gasteiger partial charge in [-0.2, -0.15) is 0 Å². The average Bonchev–Trinajstić information content (AvgIpc) is 2.71. The number of hydrogen-bond acceptors (Lipinski definition) is 6. The highest BCUT2D eigenvalue weighted by atomic mass is 16.5. The monoisotopic (exact) mass is 407 g/mol. The first-order valence-corrected chi connectivity index (χ1v) is 10.7. The Balaban J connectivity index is 1.92. The summed E-state index contributed by atoms with van der Waals surface area (Å²) in [6.07, 6.45) is 4.97. The molecule has 0 unspecified atom stereocenters. The molecule has 1 saturated carbocycles. The first-order valence-electron chi connectivity index (χ1n) is 10.7. The first-order chi connectivity index (χ1) is 13.9. The number of nitrogens with two attached hydrogens (primary N) is 1. The van der Waals surface area contributed by atoms with Crippen LogP contribution in [0.5, 0.6) is 0 Å². The number of hydrogen-bond donors (Lipinski definition) is 2. The van der Waals surface area contributed by atoms with E-state index in [4.69, 9.17) is 10.5 Å². The van der Waals surface area contributed by atoms with Crippen molar-refractivity contribution in [2.45, 2.75) is 65.1 Å². The molecule has 0 radical (unpaired) electrons. The van der Waals surface area contributed by atoms with Crippen LogP contribution in [-0.2, 0) is 22.6 Å².